The lowest BCUT2D eigenvalue weighted by molar-refractivity contribution is -0.873. The highest BCUT2D eigenvalue weighted by molar-refractivity contribution is 5.89. The number of fused-ring (bicyclic) bond motifs is 3. The lowest BCUT2D eigenvalue weighted by atomic mass is 10.2. The lowest BCUT2D eigenvalue weighted by Gasteiger charge is -2.11. The van der Waals surface area contributed by atoms with Crippen LogP contribution in [0.5, 0.6) is 5.75 Å². The van der Waals surface area contributed by atoms with Gasteiger partial charge in [-0.15, -0.1) is 6.42 Å². The Balaban J connectivity index is -0.000000383. The molecule has 50 heavy (non-hydrogen) atoms. The van der Waals surface area contributed by atoms with Crippen LogP contribution in [0.2, 0.25) is 0 Å². The van der Waals surface area contributed by atoms with E-state index in [1.807, 2.05) is 24.3 Å². The van der Waals surface area contributed by atoms with E-state index in [9.17, 15) is 15.1 Å². The first-order chi connectivity index (χ1) is 24.4. The highest BCUT2D eigenvalue weighted by Crippen LogP contribution is 2.18. The van der Waals surface area contributed by atoms with Crippen molar-refractivity contribution in [2.45, 2.75) is 20.1 Å². The first-order valence-corrected chi connectivity index (χ1v) is 13.4. The van der Waals surface area contributed by atoms with Gasteiger partial charge in [-0.2, -0.15) is 9.61 Å². The highest BCUT2D eigenvalue weighted by Gasteiger charge is 2.14. The van der Waals surface area contributed by atoms with Gasteiger partial charge in [-0.05, 0) is 119 Å². The van der Waals surface area contributed by atoms with Gasteiger partial charge in [0.2, 0.25) is 10.4 Å². The van der Waals surface area contributed by atoms with Crippen LogP contribution in [0, 0.1) is 100 Å². The van der Waals surface area contributed by atoms with E-state index >= 15 is 0 Å². The van der Waals surface area contributed by atoms with Crippen molar-refractivity contribution < 1.29 is 32.2 Å². The van der Waals surface area contributed by atoms with E-state index in [1.54, 1.807) is 30.9 Å². The molecule has 0 saturated heterocycles. The second kappa shape index (κ2) is 22.3. The Morgan fingerprint density at radius 3 is 2.08 bits per heavy atom. The molecule has 0 saturated carbocycles. The summed E-state index contributed by atoms with van der Waals surface area (Å²) in [7, 11) is 1.61. The van der Waals surface area contributed by atoms with Crippen LogP contribution in [-0.2, 0) is 18.1 Å². The Labute approximate surface area is 292 Å². The molecular formula is C34H32N10O6. The van der Waals surface area contributed by atoms with Crippen molar-refractivity contribution in [2.24, 2.45) is 21.5 Å². The van der Waals surface area contributed by atoms with Gasteiger partial charge in [0, 0.05) is 13.3 Å². The molecule has 16 heteroatoms. The number of methoxy groups -OCH3 is 1. The van der Waals surface area contributed by atoms with Crippen LogP contribution in [0.25, 0.3) is 16.7 Å². The maximum Gasteiger partial charge on any atom is 0.352 e. The van der Waals surface area contributed by atoms with Crippen molar-refractivity contribution in [3.8, 4) is 101 Å². The maximum absolute atomic E-state index is 12.8. The summed E-state index contributed by atoms with van der Waals surface area (Å²) >= 11 is 0. The summed E-state index contributed by atoms with van der Waals surface area (Å²) in [4.78, 5) is 24.3. The molecule has 0 aliphatic rings. The molecular weight excluding hydrogens is 644 g/mol. The standard InChI is InChI=1S/C17H15N5O3.C17H4.H3N5O3.5H2/c1-25-13-4-2-11(3-5-13)8-21-15-14(6-12(9-23)7-18-15)16-19-10-20-22(16)17(21)24;1-3-5-7-9-11-13-15-17-16-14-12-10-8-6-4-2;1-2-3-4-5(6)8-7;;;;;/h2-7,10,23H,8-9H2,1H3;1H,2H3;7H,(H2,1,3);5*1H. The molecule has 0 aliphatic heterocycles. The molecule has 3 aromatic heterocycles. The normalized spacial score (nSPS) is 8.90. The molecule has 0 radical (unpaired) electrons. The molecule has 0 amide bonds. The number of benzene rings is 1. The van der Waals surface area contributed by atoms with Gasteiger partial charge in [-0.3, -0.25) is 15.7 Å². The van der Waals surface area contributed by atoms with Gasteiger partial charge in [0.15, 0.2) is 5.65 Å². The molecule has 4 aromatic rings. The molecule has 4 rings (SSSR count). The van der Waals surface area contributed by atoms with Crippen LogP contribution in [0.4, 0.5) is 0 Å². The highest BCUT2D eigenvalue weighted by atomic mass is 17.2. The van der Waals surface area contributed by atoms with Gasteiger partial charge in [-0.1, -0.05) is 18.1 Å². The number of nitrogens with two attached hydrogens (primary N) is 1. The van der Waals surface area contributed by atoms with Crippen molar-refractivity contribution >= 4 is 16.7 Å². The molecule has 4 N–H and O–H groups in total. The minimum Gasteiger partial charge on any atom is -0.497 e. The van der Waals surface area contributed by atoms with Gasteiger partial charge in [0.1, 0.15) is 17.7 Å². The van der Waals surface area contributed by atoms with Gasteiger partial charge in [0.25, 0.3) is 0 Å². The molecule has 0 atom stereocenters. The SMILES string of the molecule is C#CC#CC#CC#CC#CC#CC#CC#CC.COc1ccc(Cn2c(=O)n3ncnc3c3cc(CO)cnc32)cc1.NN=NN=[N+]([O-])OO.[HH].[HH].[HH].[HH].[HH]. The number of ether oxygens (including phenoxy) is 1. The van der Waals surface area contributed by atoms with Crippen molar-refractivity contribution in [2.75, 3.05) is 7.11 Å². The lowest BCUT2D eigenvalue weighted by Crippen LogP contribution is -2.29. The van der Waals surface area contributed by atoms with Gasteiger partial charge < -0.3 is 20.0 Å². The molecule has 16 nitrogen and oxygen atoms in total. The summed E-state index contributed by atoms with van der Waals surface area (Å²) in [6.45, 7) is 1.90. The van der Waals surface area contributed by atoms with E-state index in [2.05, 4.69) is 130 Å². The first kappa shape index (κ1) is 38.0. The second-order valence-corrected chi connectivity index (χ2v) is 8.22. The summed E-state index contributed by atoms with van der Waals surface area (Å²) in [5, 5.41) is 38.2. The third-order valence-electron chi connectivity index (χ3n) is 5.24. The number of pyridine rings is 1. The van der Waals surface area contributed by atoms with Crippen molar-refractivity contribution in [3.63, 3.8) is 0 Å². The molecule has 254 valence electrons. The van der Waals surface area contributed by atoms with Crippen LogP contribution in [0.1, 0.15) is 25.2 Å². The van der Waals surface area contributed by atoms with Crippen molar-refractivity contribution in [1.82, 2.24) is 24.1 Å². The number of aliphatic hydroxyl groups excluding tert-OH is 1. The van der Waals surface area contributed by atoms with E-state index in [4.69, 9.17) is 16.4 Å². The smallest absolute Gasteiger partial charge is 0.352 e. The summed E-state index contributed by atoms with van der Waals surface area (Å²) in [6.07, 6.45) is 7.77. The molecule has 0 aliphatic carbocycles. The number of hydrogen-bond acceptors (Lipinski definition) is 10. The van der Waals surface area contributed by atoms with Crippen molar-refractivity contribution in [1.29, 1.82) is 0 Å². The average molecular weight is 677 g/mol. The Hall–Kier alpha value is -8.22. The maximum atomic E-state index is 12.8. The van der Waals surface area contributed by atoms with Gasteiger partial charge >= 0.3 is 5.69 Å². The van der Waals surface area contributed by atoms with Crippen LogP contribution >= 0.6 is 0 Å². The van der Waals surface area contributed by atoms with Gasteiger partial charge in [-0.25, -0.2) is 14.8 Å². The van der Waals surface area contributed by atoms with E-state index < -0.39 is 5.02 Å². The van der Waals surface area contributed by atoms with Crippen molar-refractivity contribution in [3.05, 3.63) is 69.7 Å². The van der Waals surface area contributed by atoms with E-state index in [0.29, 0.717) is 28.8 Å². The zero-order valence-electron chi connectivity index (χ0n) is 26.2. The number of aliphatic hydroxyl groups is 1. The number of hydrogen-bond donors (Lipinski definition) is 3. The molecule has 0 fully saturated rings. The zero-order chi connectivity index (χ0) is 36.4. The molecule has 3 heterocycles. The minimum absolute atomic E-state index is 0. The molecule has 0 bridgehead atoms. The fraction of sp³-hybridized carbons (Fsp3) is 0.118. The van der Waals surface area contributed by atoms with Crippen LogP contribution in [0.15, 0.2) is 63.3 Å². The van der Waals surface area contributed by atoms with Crippen LogP contribution in [-0.4, -0.2) is 46.6 Å². The Morgan fingerprint density at radius 1 is 0.960 bits per heavy atom. The third kappa shape index (κ3) is 12.6. The number of nitrogens with zero attached hydrogens (tertiary/aromatic N) is 9. The van der Waals surface area contributed by atoms with Crippen LogP contribution < -0.4 is 16.3 Å². The third-order valence-corrected chi connectivity index (χ3v) is 5.24. The van der Waals surface area contributed by atoms with Crippen LogP contribution in [0.3, 0.4) is 0 Å². The fourth-order valence-electron chi connectivity index (χ4n) is 3.31. The largest absolute Gasteiger partial charge is 0.497 e. The Morgan fingerprint density at radius 2 is 1.56 bits per heavy atom. The Kier molecular flexibility index (Phi) is 16.9. The minimum atomic E-state index is -0.573. The van der Waals surface area contributed by atoms with E-state index in [1.165, 1.54) is 10.8 Å². The fourth-order valence-corrected chi connectivity index (χ4v) is 3.31. The number of aromatic nitrogens is 5. The molecule has 0 unspecified atom stereocenters. The van der Waals surface area contributed by atoms with E-state index in [-0.39, 0.29) is 19.4 Å². The Bertz CT molecular complexity index is 2460. The molecule has 1 aromatic carbocycles. The average Bonchev–Trinajstić information content (AvgIpc) is 3.66. The topological polar surface area (TPSA) is 213 Å². The first-order valence-electron chi connectivity index (χ1n) is 13.4. The predicted octanol–water partition coefficient (Wildman–Crippen LogP) is 2.48. The quantitative estimate of drug-likeness (QED) is 0.0892. The summed E-state index contributed by atoms with van der Waals surface area (Å²) in [5.41, 5.74) is 2.18. The van der Waals surface area contributed by atoms with E-state index in [0.717, 1.165) is 11.3 Å². The summed E-state index contributed by atoms with van der Waals surface area (Å²) < 4.78 is 7.95. The molecule has 0 spiro atoms. The summed E-state index contributed by atoms with van der Waals surface area (Å²) in [5.74, 6) is 42.1. The summed E-state index contributed by atoms with van der Waals surface area (Å²) in [6, 6.07) is 9.24. The number of terminal acetylenes is 1. The van der Waals surface area contributed by atoms with Gasteiger partial charge in [0.05, 0.1) is 35.9 Å². The monoisotopic (exact) mass is 676 g/mol. The zero-order valence-corrected chi connectivity index (χ0v) is 26.2. The predicted molar refractivity (Wildman–Crippen MR) is 189 cm³/mol. The second-order valence-electron chi connectivity index (χ2n) is 8.22. The number of rotatable bonds is 6.